The molecular formula is C16H19N3O2S. The lowest BCUT2D eigenvalue weighted by atomic mass is 10.2. The van der Waals surface area contributed by atoms with Crippen molar-refractivity contribution in [1.29, 1.82) is 0 Å². The summed E-state index contributed by atoms with van der Waals surface area (Å²) in [7, 11) is 0. The zero-order valence-electron chi connectivity index (χ0n) is 12.5. The van der Waals surface area contributed by atoms with E-state index in [1.807, 2.05) is 36.6 Å². The van der Waals surface area contributed by atoms with E-state index in [9.17, 15) is 4.79 Å². The zero-order chi connectivity index (χ0) is 15.4. The predicted molar refractivity (Wildman–Crippen MR) is 87.5 cm³/mol. The highest BCUT2D eigenvalue weighted by molar-refractivity contribution is 7.10. The second kappa shape index (κ2) is 6.89. The van der Waals surface area contributed by atoms with Gasteiger partial charge < -0.3 is 15.0 Å². The number of carbonyl (C=O) groups is 1. The van der Waals surface area contributed by atoms with Crippen molar-refractivity contribution >= 4 is 23.1 Å². The molecule has 0 aromatic carbocycles. The van der Waals surface area contributed by atoms with Crippen LogP contribution in [0.1, 0.15) is 28.2 Å². The van der Waals surface area contributed by atoms with Gasteiger partial charge in [0, 0.05) is 24.2 Å². The summed E-state index contributed by atoms with van der Waals surface area (Å²) in [6, 6.07) is 7.74. The van der Waals surface area contributed by atoms with Gasteiger partial charge in [0.25, 0.3) is 5.91 Å². The molecule has 2 aromatic rings. The molecule has 1 saturated heterocycles. The van der Waals surface area contributed by atoms with E-state index >= 15 is 0 Å². The van der Waals surface area contributed by atoms with E-state index in [2.05, 4.69) is 15.2 Å². The number of rotatable bonds is 4. The van der Waals surface area contributed by atoms with Crippen molar-refractivity contribution in [3.63, 3.8) is 0 Å². The number of pyridine rings is 1. The number of aromatic nitrogens is 1. The minimum absolute atomic E-state index is 0.00594. The Balaban J connectivity index is 1.63. The number of nitrogens with one attached hydrogen (secondary N) is 1. The molecule has 3 rings (SSSR count). The van der Waals surface area contributed by atoms with Gasteiger partial charge in [0.1, 0.15) is 5.82 Å². The number of hydrogen-bond acceptors (Lipinski definition) is 5. The molecule has 2 aromatic heterocycles. The molecule has 1 atom stereocenters. The minimum Gasteiger partial charge on any atom is -0.378 e. The fraction of sp³-hybridized carbons (Fsp3) is 0.375. The van der Waals surface area contributed by atoms with Gasteiger partial charge in [-0.3, -0.25) is 4.79 Å². The average Bonchev–Trinajstić information content (AvgIpc) is 3.10. The van der Waals surface area contributed by atoms with Crippen molar-refractivity contribution < 1.29 is 9.53 Å². The minimum atomic E-state index is -0.0954. The van der Waals surface area contributed by atoms with Gasteiger partial charge in [0.2, 0.25) is 0 Å². The highest BCUT2D eigenvalue weighted by atomic mass is 32.1. The van der Waals surface area contributed by atoms with Crippen LogP contribution in [0.2, 0.25) is 0 Å². The van der Waals surface area contributed by atoms with Gasteiger partial charge in [-0.1, -0.05) is 6.07 Å². The van der Waals surface area contributed by atoms with Gasteiger partial charge in [0.15, 0.2) is 0 Å². The van der Waals surface area contributed by atoms with Gasteiger partial charge in [-0.05, 0) is 30.5 Å². The Morgan fingerprint density at radius 3 is 2.82 bits per heavy atom. The van der Waals surface area contributed by atoms with Crippen LogP contribution in [0.25, 0.3) is 0 Å². The molecule has 22 heavy (non-hydrogen) atoms. The molecule has 1 aliphatic heterocycles. The predicted octanol–water partition coefficient (Wildman–Crippen LogP) is 2.47. The highest BCUT2D eigenvalue weighted by Crippen LogP contribution is 2.19. The number of anilines is 1. The van der Waals surface area contributed by atoms with Crippen molar-refractivity contribution in [2.24, 2.45) is 0 Å². The zero-order valence-corrected chi connectivity index (χ0v) is 13.3. The second-order valence-electron chi connectivity index (χ2n) is 5.22. The maximum Gasteiger partial charge on any atom is 0.253 e. The molecule has 0 unspecified atom stereocenters. The topological polar surface area (TPSA) is 54.5 Å². The van der Waals surface area contributed by atoms with E-state index in [0.29, 0.717) is 5.56 Å². The molecule has 5 nitrogen and oxygen atoms in total. The van der Waals surface area contributed by atoms with Crippen LogP contribution in [0.5, 0.6) is 0 Å². The Morgan fingerprint density at radius 2 is 2.18 bits per heavy atom. The number of nitrogens with zero attached hydrogens (tertiary/aromatic N) is 2. The number of carbonyl (C=O) groups excluding carboxylic acids is 1. The lowest BCUT2D eigenvalue weighted by Gasteiger charge is -2.27. The summed E-state index contributed by atoms with van der Waals surface area (Å²) in [6.07, 6.45) is 1.64. The molecule has 0 spiro atoms. The van der Waals surface area contributed by atoms with Crippen LogP contribution in [0, 0.1) is 0 Å². The van der Waals surface area contributed by atoms with Crippen molar-refractivity contribution in [1.82, 2.24) is 10.3 Å². The number of ether oxygens (including phenoxy) is 1. The lowest BCUT2D eigenvalue weighted by Crippen LogP contribution is -2.36. The molecule has 0 saturated carbocycles. The smallest absolute Gasteiger partial charge is 0.253 e. The molecule has 116 valence electrons. The van der Waals surface area contributed by atoms with Gasteiger partial charge >= 0.3 is 0 Å². The molecule has 3 heterocycles. The summed E-state index contributed by atoms with van der Waals surface area (Å²) >= 11 is 1.64. The summed E-state index contributed by atoms with van der Waals surface area (Å²) in [5, 5.41) is 5.01. The van der Waals surface area contributed by atoms with E-state index in [1.54, 1.807) is 17.5 Å². The monoisotopic (exact) mass is 317 g/mol. The van der Waals surface area contributed by atoms with Gasteiger partial charge in [-0.25, -0.2) is 4.98 Å². The van der Waals surface area contributed by atoms with Gasteiger partial charge in [-0.15, -0.1) is 11.3 Å². The Labute approximate surface area is 133 Å². The van der Waals surface area contributed by atoms with Crippen LogP contribution in [-0.2, 0) is 4.74 Å². The normalized spacial score (nSPS) is 16.3. The quantitative estimate of drug-likeness (QED) is 0.941. The van der Waals surface area contributed by atoms with E-state index < -0.39 is 0 Å². The van der Waals surface area contributed by atoms with E-state index in [0.717, 1.165) is 37.0 Å². The third kappa shape index (κ3) is 3.45. The summed E-state index contributed by atoms with van der Waals surface area (Å²) in [6.45, 7) is 5.12. The first-order valence-electron chi connectivity index (χ1n) is 7.37. The third-order valence-electron chi connectivity index (χ3n) is 3.66. The third-order valence-corrected chi connectivity index (χ3v) is 4.72. The Bertz CT molecular complexity index is 607. The first-order chi connectivity index (χ1) is 10.7. The Kier molecular flexibility index (Phi) is 4.70. The lowest BCUT2D eigenvalue weighted by molar-refractivity contribution is 0.0940. The largest absolute Gasteiger partial charge is 0.378 e. The fourth-order valence-corrected chi connectivity index (χ4v) is 3.12. The van der Waals surface area contributed by atoms with Crippen molar-refractivity contribution in [2.45, 2.75) is 13.0 Å². The Hall–Kier alpha value is -1.92. The van der Waals surface area contributed by atoms with Crippen LogP contribution >= 0.6 is 11.3 Å². The van der Waals surface area contributed by atoms with Gasteiger partial charge in [0.05, 0.1) is 24.8 Å². The molecular weight excluding hydrogens is 298 g/mol. The first-order valence-corrected chi connectivity index (χ1v) is 8.25. The van der Waals surface area contributed by atoms with E-state index in [-0.39, 0.29) is 11.9 Å². The summed E-state index contributed by atoms with van der Waals surface area (Å²) < 4.78 is 5.33. The number of morpholine rings is 1. The summed E-state index contributed by atoms with van der Waals surface area (Å²) in [5.41, 5.74) is 0.584. The standard InChI is InChI=1S/C16H19N3O2S/c1-12(14-3-2-10-22-14)18-16(20)13-4-5-15(17-11-13)19-6-8-21-9-7-19/h2-5,10-12H,6-9H2,1H3,(H,18,20)/t12-/m1/s1. The number of amides is 1. The molecule has 0 bridgehead atoms. The molecule has 0 aliphatic carbocycles. The van der Waals surface area contributed by atoms with Crippen LogP contribution in [0.15, 0.2) is 35.8 Å². The summed E-state index contributed by atoms with van der Waals surface area (Å²) in [4.78, 5) is 20.0. The molecule has 1 fully saturated rings. The first kappa shape index (κ1) is 15.0. The van der Waals surface area contributed by atoms with E-state index in [4.69, 9.17) is 4.74 Å². The van der Waals surface area contributed by atoms with Gasteiger partial charge in [-0.2, -0.15) is 0 Å². The average molecular weight is 317 g/mol. The number of hydrogen-bond donors (Lipinski definition) is 1. The number of thiophene rings is 1. The van der Waals surface area contributed by atoms with Crippen LogP contribution in [0.3, 0.4) is 0 Å². The van der Waals surface area contributed by atoms with Crippen LogP contribution < -0.4 is 10.2 Å². The van der Waals surface area contributed by atoms with Crippen molar-refractivity contribution in [3.8, 4) is 0 Å². The maximum absolute atomic E-state index is 12.3. The van der Waals surface area contributed by atoms with E-state index in [1.165, 1.54) is 0 Å². The van der Waals surface area contributed by atoms with Crippen molar-refractivity contribution in [2.75, 3.05) is 31.2 Å². The molecule has 6 heteroatoms. The van der Waals surface area contributed by atoms with Crippen LogP contribution in [-0.4, -0.2) is 37.2 Å². The summed E-state index contributed by atoms with van der Waals surface area (Å²) in [5.74, 6) is 0.799. The fourth-order valence-electron chi connectivity index (χ4n) is 2.39. The molecule has 1 amide bonds. The molecule has 0 radical (unpaired) electrons. The Morgan fingerprint density at radius 1 is 1.36 bits per heavy atom. The van der Waals surface area contributed by atoms with Crippen LogP contribution in [0.4, 0.5) is 5.82 Å². The maximum atomic E-state index is 12.3. The van der Waals surface area contributed by atoms with Crippen molar-refractivity contribution in [3.05, 3.63) is 46.3 Å². The molecule has 1 N–H and O–H groups in total. The highest BCUT2D eigenvalue weighted by Gasteiger charge is 2.15. The second-order valence-corrected chi connectivity index (χ2v) is 6.19. The SMILES string of the molecule is C[C@@H](NC(=O)c1ccc(N2CCOCC2)nc1)c1cccs1. The molecule has 1 aliphatic rings.